The first-order valence-electron chi connectivity index (χ1n) is 7.73. The van der Waals surface area contributed by atoms with Crippen LogP contribution in [-0.2, 0) is 9.53 Å². The van der Waals surface area contributed by atoms with E-state index in [1.807, 2.05) is 25.1 Å². The molecule has 1 atom stereocenters. The number of nitrogens with one attached hydrogen (secondary N) is 1. The summed E-state index contributed by atoms with van der Waals surface area (Å²) in [7, 11) is 0. The van der Waals surface area contributed by atoms with Gasteiger partial charge < -0.3 is 20.5 Å². The lowest BCUT2D eigenvalue weighted by atomic mass is 10.1. The van der Waals surface area contributed by atoms with E-state index in [2.05, 4.69) is 21.2 Å². The Morgan fingerprint density at radius 1 is 1.29 bits per heavy atom. The van der Waals surface area contributed by atoms with Crippen molar-refractivity contribution < 1.29 is 19.1 Å². The van der Waals surface area contributed by atoms with Gasteiger partial charge >= 0.3 is 6.09 Å². The zero-order valence-electron chi connectivity index (χ0n) is 14.5. The second-order valence-electron chi connectivity index (χ2n) is 6.62. The van der Waals surface area contributed by atoms with Crippen LogP contribution in [0.1, 0.15) is 39.2 Å². The number of nitrogens with two attached hydrogens (primary N) is 1. The predicted molar refractivity (Wildman–Crippen MR) is 96.0 cm³/mol. The smallest absolute Gasteiger partial charge is 0.407 e. The lowest BCUT2D eigenvalue weighted by Crippen LogP contribution is -2.42. The molecule has 0 bridgehead atoms. The van der Waals surface area contributed by atoms with Crippen molar-refractivity contribution in [3.05, 3.63) is 28.2 Å². The number of hydrogen-bond acceptors (Lipinski definition) is 4. The van der Waals surface area contributed by atoms with Crippen LogP contribution in [0.4, 0.5) is 4.79 Å². The molecule has 0 saturated heterocycles. The van der Waals surface area contributed by atoms with Crippen molar-refractivity contribution in [3.8, 4) is 5.75 Å². The van der Waals surface area contributed by atoms with Crippen molar-refractivity contribution in [1.29, 1.82) is 0 Å². The van der Waals surface area contributed by atoms with Gasteiger partial charge in [0.1, 0.15) is 18.0 Å². The van der Waals surface area contributed by atoms with E-state index in [1.54, 1.807) is 20.8 Å². The van der Waals surface area contributed by atoms with Crippen LogP contribution in [0.5, 0.6) is 5.75 Å². The molecule has 0 heterocycles. The predicted octanol–water partition coefficient (Wildman–Crippen LogP) is 3.30. The van der Waals surface area contributed by atoms with Crippen LogP contribution in [-0.4, -0.2) is 30.3 Å². The number of primary amides is 1. The Balaban J connectivity index is 2.67. The number of rotatable bonds is 7. The molecule has 3 N–H and O–H groups in total. The highest BCUT2D eigenvalue weighted by Gasteiger charge is 2.20. The fourth-order valence-corrected chi connectivity index (χ4v) is 2.56. The number of carbonyl (C=O) groups is 2. The third kappa shape index (κ3) is 8.76. The largest absolute Gasteiger partial charge is 0.491 e. The van der Waals surface area contributed by atoms with E-state index in [0.717, 1.165) is 10.0 Å². The number of amides is 2. The van der Waals surface area contributed by atoms with E-state index in [9.17, 15) is 9.59 Å². The third-order valence-corrected chi connectivity index (χ3v) is 3.38. The average molecular weight is 401 g/mol. The van der Waals surface area contributed by atoms with Crippen molar-refractivity contribution in [2.75, 3.05) is 6.61 Å². The van der Waals surface area contributed by atoms with Gasteiger partial charge in [-0.1, -0.05) is 15.9 Å². The van der Waals surface area contributed by atoms with Crippen LogP contribution in [0.25, 0.3) is 0 Å². The maximum atomic E-state index is 11.9. The molecule has 2 amide bonds. The van der Waals surface area contributed by atoms with E-state index >= 15 is 0 Å². The van der Waals surface area contributed by atoms with Crippen molar-refractivity contribution in [1.82, 2.24) is 5.32 Å². The molecule has 0 aliphatic rings. The summed E-state index contributed by atoms with van der Waals surface area (Å²) in [5.41, 5.74) is 5.64. The second-order valence-corrected chi connectivity index (χ2v) is 7.54. The highest BCUT2D eigenvalue weighted by atomic mass is 79.9. The second kappa shape index (κ2) is 8.92. The number of alkyl carbamates (subject to hydrolysis) is 1. The van der Waals surface area contributed by atoms with Gasteiger partial charge in [-0.25, -0.2) is 4.79 Å². The summed E-state index contributed by atoms with van der Waals surface area (Å²) < 4.78 is 11.9. The topological polar surface area (TPSA) is 90.6 Å². The minimum Gasteiger partial charge on any atom is -0.491 e. The first-order valence-corrected chi connectivity index (χ1v) is 8.52. The number of carbonyl (C=O) groups excluding carboxylic acids is 2. The fraction of sp³-hybridized carbons (Fsp3) is 0.529. The Hall–Kier alpha value is -1.76. The van der Waals surface area contributed by atoms with Crippen LogP contribution in [0.15, 0.2) is 22.7 Å². The maximum absolute atomic E-state index is 11.9. The van der Waals surface area contributed by atoms with Gasteiger partial charge in [-0.3, -0.25) is 4.79 Å². The highest BCUT2D eigenvalue weighted by molar-refractivity contribution is 9.10. The summed E-state index contributed by atoms with van der Waals surface area (Å²) >= 11 is 3.41. The van der Waals surface area contributed by atoms with Crippen LogP contribution in [0.2, 0.25) is 0 Å². The molecule has 0 unspecified atom stereocenters. The van der Waals surface area contributed by atoms with Gasteiger partial charge in [-0.2, -0.15) is 0 Å². The van der Waals surface area contributed by atoms with Gasteiger partial charge in [-0.05, 0) is 57.9 Å². The minimum atomic E-state index is -0.597. The standard InChI is InChI=1S/C17H25BrN2O4/c1-11-7-12(18)9-14(8-11)23-10-13(5-6-15(19)21)20-16(22)24-17(2,3)4/h7-9,13H,5-6,10H2,1-4H3,(H2,19,21)(H,20,22)/t13-/m0/s1. The van der Waals surface area contributed by atoms with E-state index in [0.29, 0.717) is 12.2 Å². The summed E-state index contributed by atoms with van der Waals surface area (Å²) in [5, 5.41) is 2.72. The van der Waals surface area contributed by atoms with Crippen molar-refractivity contribution in [2.45, 2.75) is 52.2 Å². The molecule has 0 aliphatic carbocycles. The molecule has 0 spiro atoms. The Labute approximate surface area is 151 Å². The van der Waals surface area contributed by atoms with Crippen LogP contribution >= 0.6 is 15.9 Å². The quantitative estimate of drug-likeness (QED) is 0.734. The number of hydrogen-bond donors (Lipinski definition) is 2. The molecule has 6 nitrogen and oxygen atoms in total. The van der Waals surface area contributed by atoms with Crippen LogP contribution < -0.4 is 15.8 Å². The SMILES string of the molecule is Cc1cc(Br)cc(OC[C@H](CCC(N)=O)NC(=O)OC(C)(C)C)c1. The molecule has 1 rings (SSSR count). The molecular formula is C17H25BrN2O4. The van der Waals surface area contributed by atoms with Gasteiger partial charge in [0.25, 0.3) is 0 Å². The van der Waals surface area contributed by atoms with Gasteiger partial charge in [0.05, 0.1) is 6.04 Å². The summed E-state index contributed by atoms with van der Waals surface area (Å²) in [4.78, 5) is 22.9. The molecule has 134 valence electrons. The molecule has 0 fully saturated rings. The Morgan fingerprint density at radius 3 is 2.50 bits per heavy atom. The summed E-state index contributed by atoms with van der Waals surface area (Å²) in [6.07, 6.45) is -0.0194. The molecule has 0 aromatic heterocycles. The van der Waals surface area contributed by atoms with E-state index in [-0.39, 0.29) is 19.1 Å². The average Bonchev–Trinajstić information content (AvgIpc) is 2.38. The van der Waals surface area contributed by atoms with Crippen molar-refractivity contribution in [2.24, 2.45) is 5.73 Å². The molecule has 0 saturated carbocycles. The van der Waals surface area contributed by atoms with Crippen LogP contribution in [0.3, 0.4) is 0 Å². The van der Waals surface area contributed by atoms with Gasteiger partial charge in [0.2, 0.25) is 5.91 Å². The number of ether oxygens (including phenoxy) is 2. The normalized spacial score (nSPS) is 12.4. The fourth-order valence-electron chi connectivity index (χ4n) is 1.97. The number of halogens is 1. The summed E-state index contributed by atoms with van der Waals surface area (Å²) in [6.45, 7) is 7.52. The Morgan fingerprint density at radius 2 is 1.96 bits per heavy atom. The Kier molecular flexibility index (Phi) is 7.54. The van der Waals surface area contributed by atoms with E-state index < -0.39 is 17.6 Å². The third-order valence-electron chi connectivity index (χ3n) is 2.93. The number of aryl methyl sites for hydroxylation is 1. The lowest BCUT2D eigenvalue weighted by Gasteiger charge is -2.23. The summed E-state index contributed by atoms with van der Waals surface area (Å²) in [5.74, 6) is 0.251. The molecule has 0 radical (unpaired) electrons. The lowest BCUT2D eigenvalue weighted by molar-refractivity contribution is -0.118. The van der Waals surface area contributed by atoms with E-state index in [4.69, 9.17) is 15.2 Å². The zero-order chi connectivity index (χ0) is 18.3. The highest BCUT2D eigenvalue weighted by Crippen LogP contribution is 2.21. The van der Waals surface area contributed by atoms with Gasteiger partial charge in [-0.15, -0.1) is 0 Å². The molecule has 1 aromatic rings. The van der Waals surface area contributed by atoms with Crippen molar-refractivity contribution in [3.63, 3.8) is 0 Å². The first-order chi connectivity index (χ1) is 11.0. The maximum Gasteiger partial charge on any atom is 0.407 e. The first kappa shape index (κ1) is 20.3. The molecule has 24 heavy (non-hydrogen) atoms. The molecular weight excluding hydrogens is 376 g/mol. The zero-order valence-corrected chi connectivity index (χ0v) is 16.1. The Bertz CT molecular complexity index is 564. The molecule has 1 aromatic carbocycles. The van der Waals surface area contributed by atoms with Gasteiger partial charge in [0, 0.05) is 10.9 Å². The van der Waals surface area contributed by atoms with E-state index in [1.165, 1.54) is 0 Å². The van der Waals surface area contributed by atoms with Crippen molar-refractivity contribution >= 4 is 27.9 Å². The molecule has 0 aliphatic heterocycles. The van der Waals surface area contributed by atoms with Crippen LogP contribution in [0, 0.1) is 6.92 Å². The molecule has 7 heteroatoms. The minimum absolute atomic E-state index is 0.154. The monoisotopic (exact) mass is 400 g/mol. The number of benzene rings is 1. The summed E-state index contributed by atoms with van der Waals surface area (Å²) in [6, 6.07) is 5.32. The van der Waals surface area contributed by atoms with Gasteiger partial charge in [0.15, 0.2) is 0 Å².